The van der Waals surface area contributed by atoms with Gasteiger partial charge in [-0.3, -0.25) is 24.2 Å². The average Bonchev–Trinajstić information content (AvgIpc) is 3.25. The fourth-order valence-electron chi connectivity index (χ4n) is 5.52. The molecule has 168 valence electrons. The van der Waals surface area contributed by atoms with E-state index in [1.165, 1.54) is 4.90 Å². The van der Waals surface area contributed by atoms with Crippen molar-refractivity contribution in [2.45, 2.75) is 58.9 Å². The molecule has 5 rings (SSSR count). The van der Waals surface area contributed by atoms with Gasteiger partial charge in [-0.25, -0.2) is 0 Å². The van der Waals surface area contributed by atoms with Crippen molar-refractivity contribution in [2.75, 3.05) is 11.4 Å². The van der Waals surface area contributed by atoms with Crippen LogP contribution >= 0.6 is 32.9 Å². The quantitative estimate of drug-likeness (QED) is 0.316. The van der Waals surface area contributed by atoms with Crippen LogP contribution in [0.5, 0.6) is 0 Å². The lowest BCUT2D eigenvalue weighted by molar-refractivity contribution is -0.143. The topological polar surface area (TPSA) is 57.7 Å². The fourth-order valence-corrected chi connectivity index (χ4v) is 8.80. The molecular formula is C24H26N2O3S3. The fraction of sp³-hybridized carbons (Fsp3) is 0.500. The Kier molecular flexibility index (Phi) is 5.18. The summed E-state index contributed by atoms with van der Waals surface area (Å²) in [6.07, 6.45) is 3.44. The van der Waals surface area contributed by atoms with Gasteiger partial charge in [0.15, 0.2) is 0 Å². The number of fused-ring (bicyclic) bond motifs is 4. The third kappa shape index (κ3) is 3.06. The van der Waals surface area contributed by atoms with Gasteiger partial charge >= 0.3 is 0 Å². The lowest BCUT2D eigenvalue weighted by Crippen LogP contribution is -2.52. The van der Waals surface area contributed by atoms with E-state index in [0.717, 1.165) is 62.3 Å². The molecule has 2 aromatic rings. The summed E-state index contributed by atoms with van der Waals surface area (Å²) in [5.74, 6) is -1.06. The summed E-state index contributed by atoms with van der Waals surface area (Å²) in [7, 11) is 3.17. The second-order valence-electron chi connectivity index (χ2n) is 9.66. The molecule has 2 aliphatic heterocycles. The number of hydrogen-bond donors (Lipinski definition) is 0. The molecule has 0 unspecified atom stereocenters. The smallest absolute Gasteiger partial charge is 0.247 e. The number of aryl methyl sites for hydroxylation is 2. The predicted octanol–water partition coefficient (Wildman–Crippen LogP) is 5.58. The molecule has 2 fully saturated rings. The van der Waals surface area contributed by atoms with E-state index in [1.807, 2.05) is 26.8 Å². The molecule has 3 aliphatic rings. The molecule has 8 heteroatoms. The van der Waals surface area contributed by atoms with E-state index in [9.17, 15) is 14.4 Å². The van der Waals surface area contributed by atoms with E-state index in [0.29, 0.717) is 0 Å². The third-order valence-corrected chi connectivity index (χ3v) is 10.7. The zero-order valence-corrected chi connectivity index (χ0v) is 21.1. The van der Waals surface area contributed by atoms with E-state index >= 15 is 0 Å². The second-order valence-corrected chi connectivity index (χ2v) is 12.5. The second kappa shape index (κ2) is 7.57. The maximum Gasteiger partial charge on any atom is 0.247 e. The van der Waals surface area contributed by atoms with Crippen LogP contribution in [-0.4, -0.2) is 29.2 Å². The minimum Gasteiger partial charge on any atom is -0.300 e. The van der Waals surface area contributed by atoms with E-state index < -0.39 is 5.54 Å². The zero-order chi connectivity index (χ0) is 22.9. The molecule has 5 nitrogen and oxygen atoms in total. The molecule has 1 aliphatic carbocycles. The van der Waals surface area contributed by atoms with Gasteiger partial charge in [-0.1, -0.05) is 45.7 Å². The summed E-state index contributed by atoms with van der Waals surface area (Å²) in [5, 5.41) is 0. The number of hydrogen-bond acceptors (Lipinski definition) is 6. The van der Waals surface area contributed by atoms with Crippen LogP contribution in [0.4, 0.5) is 5.69 Å². The van der Waals surface area contributed by atoms with E-state index in [4.69, 9.17) is 12.2 Å². The highest BCUT2D eigenvalue weighted by molar-refractivity contribution is 7.80. The molecule has 32 heavy (non-hydrogen) atoms. The number of benzene rings is 1. The number of likely N-dealkylation sites (tertiary alicyclic amines) is 1. The van der Waals surface area contributed by atoms with Gasteiger partial charge in [0.2, 0.25) is 17.7 Å². The van der Waals surface area contributed by atoms with Crippen LogP contribution in [0.25, 0.3) is 11.1 Å². The van der Waals surface area contributed by atoms with Crippen molar-refractivity contribution in [1.82, 2.24) is 4.90 Å². The molecule has 1 saturated heterocycles. The van der Waals surface area contributed by atoms with Crippen molar-refractivity contribution < 1.29 is 14.4 Å². The maximum absolute atomic E-state index is 13.8. The first-order valence-corrected chi connectivity index (χ1v) is 13.6. The Bertz CT molecular complexity index is 1200. The summed E-state index contributed by atoms with van der Waals surface area (Å²) >= 11 is 5.66. The Hall–Kier alpha value is -1.90. The predicted molar refractivity (Wildman–Crippen MR) is 131 cm³/mol. The first kappa shape index (κ1) is 21.9. The van der Waals surface area contributed by atoms with Crippen molar-refractivity contribution in [3.63, 3.8) is 0 Å². The number of amides is 3. The van der Waals surface area contributed by atoms with Crippen LogP contribution in [-0.2, 0) is 19.9 Å². The molecule has 1 aromatic carbocycles. The van der Waals surface area contributed by atoms with Gasteiger partial charge < -0.3 is 0 Å². The SMILES string of the molecule is Cc1cc2c(cc1C)N(C(=O)CN1C(=O)[C@@H]3CCCC[C@H]3C1=O)C(C)(C)c1ssc(=S)c1-2. The molecule has 1 aromatic heterocycles. The number of anilines is 1. The van der Waals surface area contributed by atoms with Gasteiger partial charge in [-0.05, 0) is 63.8 Å². The molecule has 0 radical (unpaired) electrons. The van der Waals surface area contributed by atoms with Crippen LogP contribution in [0, 0.1) is 29.5 Å². The summed E-state index contributed by atoms with van der Waals surface area (Å²) in [6, 6.07) is 4.15. The Morgan fingerprint density at radius 2 is 1.66 bits per heavy atom. The highest BCUT2D eigenvalue weighted by atomic mass is 32.9. The van der Waals surface area contributed by atoms with Crippen molar-refractivity contribution in [2.24, 2.45) is 11.8 Å². The Labute approximate surface area is 200 Å². The number of carbonyl (C=O) groups is 3. The summed E-state index contributed by atoms with van der Waals surface area (Å²) in [5.41, 5.74) is 4.42. The largest absolute Gasteiger partial charge is 0.300 e. The molecule has 2 atom stereocenters. The summed E-state index contributed by atoms with van der Waals surface area (Å²) in [4.78, 5) is 43.9. The van der Waals surface area contributed by atoms with Gasteiger partial charge in [0.1, 0.15) is 10.4 Å². The van der Waals surface area contributed by atoms with Crippen molar-refractivity contribution in [1.29, 1.82) is 0 Å². The molecular weight excluding hydrogens is 460 g/mol. The Balaban J connectivity index is 1.57. The minimum absolute atomic E-state index is 0.171. The number of rotatable bonds is 2. The standard InChI is InChI=1S/C24H26N2O3S3/c1-12-9-16-17(10-13(12)2)26(24(3,4)20-19(16)23(30)32-31-20)18(27)11-25-21(28)14-7-5-6-8-15(14)22(25)29/h9-10,14-15H,5-8,11H2,1-4H3/t14-,15-/m1/s1. The van der Waals surface area contributed by atoms with Gasteiger partial charge in [0, 0.05) is 11.1 Å². The summed E-state index contributed by atoms with van der Waals surface area (Å²) in [6.45, 7) is 7.93. The van der Waals surface area contributed by atoms with Crippen LogP contribution in [0.1, 0.15) is 55.5 Å². The highest BCUT2D eigenvalue weighted by Gasteiger charge is 2.50. The number of carbonyl (C=O) groups excluding carboxylic acids is 3. The lowest BCUT2D eigenvalue weighted by Gasteiger charge is -2.43. The average molecular weight is 487 g/mol. The summed E-state index contributed by atoms with van der Waals surface area (Å²) < 4.78 is 0.837. The molecule has 3 heterocycles. The van der Waals surface area contributed by atoms with Gasteiger partial charge in [0.05, 0.1) is 27.9 Å². The van der Waals surface area contributed by atoms with Crippen LogP contribution in [0.2, 0.25) is 0 Å². The van der Waals surface area contributed by atoms with Gasteiger partial charge in [-0.15, -0.1) is 0 Å². The normalized spacial score (nSPS) is 23.8. The molecule has 1 saturated carbocycles. The van der Waals surface area contributed by atoms with Crippen LogP contribution in [0.15, 0.2) is 12.1 Å². The Morgan fingerprint density at radius 3 is 2.28 bits per heavy atom. The van der Waals surface area contributed by atoms with Gasteiger partial charge in [-0.2, -0.15) is 0 Å². The molecule has 0 spiro atoms. The third-order valence-electron chi connectivity index (χ3n) is 7.34. The van der Waals surface area contributed by atoms with Crippen LogP contribution < -0.4 is 4.90 Å². The number of nitrogens with zero attached hydrogens (tertiary/aromatic N) is 2. The van der Waals surface area contributed by atoms with E-state index in [2.05, 4.69) is 13.0 Å². The van der Waals surface area contributed by atoms with Crippen LogP contribution in [0.3, 0.4) is 0 Å². The highest BCUT2D eigenvalue weighted by Crippen LogP contribution is 2.52. The number of imide groups is 1. The molecule has 3 amide bonds. The maximum atomic E-state index is 13.8. The van der Waals surface area contributed by atoms with Crippen molar-refractivity contribution in [3.05, 3.63) is 32.0 Å². The first-order chi connectivity index (χ1) is 15.1. The zero-order valence-electron chi connectivity index (χ0n) is 18.7. The molecule has 0 bridgehead atoms. The van der Waals surface area contributed by atoms with E-state index in [1.54, 1.807) is 25.6 Å². The molecule has 0 N–H and O–H groups in total. The Morgan fingerprint density at radius 1 is 1.06 bits per heavy atom. The minimum atomic E-state index is -0.627. The van der Waals surface area contributed by atoms with Crippen molar-refractivity contribution >= 4 is 56.3 Å². The van der Waals surface area contributed by atoms with Crippen molar-refractivity contribution in [3.8, 4) is 11.1 Å². The van der Waals surface area contributed by atoms with E-state index in [-0.39, 0.29) is 36.1 Å². The monoisotopic (exact) mass is 486 g/mol. The first-order valence-electron chi connectivity index (χ1n) is 11.1. The lowest BCUT2D eigenvalue weighted by atomic mass is 9.81. The van der Waals surface area contributed by atoms with Gasteiger partial charge in [0.25, 0.3) is 0 Å².